The lowest BCUT2D eigenvalue weighted by Crippen LogP contribution is -2.33. The van der Waals surface area contributed by atoms with Crippen molar-refractivity contribution in [1.82, 2.24) is 9.88 Å². The van der Waals surface area contributed by atoms with E-state index in [4.69, 9.17) is 14.5 Å². The Hall–Kier alpha value is -1.99. The zero-order valence-corrected chi connectivity index (χ0v) is 20.7. The van der Waals surface area contributed by atoms with Gasteiger partial charge >= 0.3 is 0 Å². The van der Waals surface area contributed by atoms with Gasteiger partial charge in [0.2, 0.25) is 0 Å². The molecule has 0 spiro atoms. The average molecular weight is 478 g/mol. The Balaban J connectivity index is 0.953. The number of unbranched alkanes of at least 4 members (excludes halogenated alkanes) is 2. The first-order chi connectivity index (χ1) is 17.3. The second-order valence-corrected chi connectivity index (χ2v) is 10.8. The third kappa shape index (κ3) is 5.56. The number of epoxide rings is 1. The molecule has 1 saturated carbocycles. The minimum Gasteiger partial charge on any atom is -0.377 e. The number of aliphatic hydroxyl groups excluding tert-OH is 1. The molecule has 6 nitrogen and oxygen atoms in total. The molecule has 4 aliphatic rings. The van der Waals surface area contributed by atoms with E-state index in [1.165, 1.54) is 48.1 Å². The van der Waals surface area contributed by atoms with Gasteiger partial charge in [-0.15, -0.1) is 0 Å². The zero-order chi connectivity index (χ0) is 23.6. The molecular weight excluding hydrogens is 438 g/mol. The first-order valence-electron chi connectivity index (χ1n) is 13.8. The number of ether oxygens (including phenoxy) is 2. The summed E-state index contributed by atoms with van der Waals surface area (Å²) in [5.41, 5.74) is 5.37. The highest BCUT2D eigenvalue weighted by Gasteiger charge is 2.49. The number of aliphatic hydroxyl groups is 1. The van der Waals surface area contributed by atoms with Crippen LogP contribution in [-0.4, -0.2) is 59.7 Å². The molecule has 4 atom stereocenters. The Kier molecular flexibility index (Phi) is 7.06. The van der Waals surface area contributed by atoms with Crippen molar-refractivity contribution >= 4 is 5.82 Å². The standard InChI is InChI=1S/C29H39N3O3/c33-29-27(35-29)26(25-10-4-3-9-24(25)20-11-12-20)32-17-15-23(19-32)34-18-5-1-2-8-22-14-13-21-7-6-16-30-28(21)31-22/h3-4,9-10,13-14,20,23,26-27,29,33H,1-2,5-8,11-12,15-19H2,(H,30,31)/t23-,26?,27?,29?/m0/s1. The van der Waals surface area contributed by atoms with Crippen LogP contribution in [-0.2, 0) is 22.3 Å². The van der Waals surface area contributed by atoms with Gasteiger partial charge in [0.1, 0.15) is 11.9 Å². The molecule has 1 aromatic heterocycles. The van der Waals surface area contributed by atoms with Gasteiger partial charge in [0, 0.05) is 31.9 Å². The molecule has 6 heteroatoms. The first kappa shape index (κ1) is 23.4. The van der Waals surface area contributed by atoms with Gasteiger partial charge in [-0.1, -0.05) is 36.8 Å². The fraction of sp³-hybridized carbons (Fsp3) is 0.621. The van der Waals surface area contributed by atoms with Crippen LogP contribution in [0.1, 0.15) is 79.3 Å². The fourth-order valence-electron chi connectivity index (χ4n) is 5.96. The average Bonchev–Trinajstić information content (AvgIpc) is 3.81. The first-order valence-corrected chi connectivity index (χ1v) is 13.8. The Bertz CT molecular complexity index is 1010. The number of likely N-dealkylation sites (tertiary alicyclic amines) is 1. The van der Waals surface area contributed by atoms with Crippen LogP contribution in [0.3, 0.4) is 0 Å². The van der Waals surface area contributed by atoms with Crippen molar-refractivity contribution in [2.75, 3.05) is 31.6 Å². The van der Waals surface area contributed by atoms with Crippen LogP contribution < -0.4 is 5.32 Å². The van der Waals surface area contributed by atoms with Crippen molar-refractivity contribution in [2.45, 2.75) is 88.2 Å². The SMILES string of the molecule is OC1OC1C(c1ccccc1C1CC1)N1CC[C@H](OCCCCCc2ccc3c(n2)NCCC3)C1. The van der Waals surface area contributed by atoms with Gasteiger partial charge in [-0.2, -0.15) is 0 Å². The summed E-state index contributed by atoms with van der Waals surface area (Å²) >= 11 is 0. The van der Waals surface area contributed by atoms with E-state index in [-0.39, 0.29) is 18.2 Å². The van der Waals surface area contributed by atoms with E-state index >= 15 is 0 Å². The summed E-state index contributed by atoms with van der Waals surface area (Å²) in [4.78, 5) is 7.30. The third-order valence-corrected chi connectivity index (χ3v) is 8.10. The Labute approximate surface area is 209 Å². The smallest absolute Gasteiger partial charge is 0.183 e. The maximum absolute atomic E-state index is 10.1. The van der Waals surface area contributed by atoms with Crippen molar-refractivity contribution in [3.8, 4) is 0 Å². The molecule has 0 amide bonds. The molecule has 2 N–H and O–H groups in total. The van der Waals surface area contributed by atoms with E-state index in [1.54, 1.807) is 0 Å². The number of pyridine rings is 1. The van der Waals surface area contributed by atoms with Crippen LogP contribution in [0.4, 0.5) is 5.82 Å². The normalized spacial score (nSPS) is 26.8. The molecule has 2 aromatic rings. The Morgan fingerprint density at radius 1 is 1.11 bits per heavy atom. The molecule has 0 bridgehead atoms. The number of fused-ring (bicyclic) bond motifs is 1. The molecule has 6 rings (SSSR count). The zero-order valence-electron chi connectivity index (χ0n) is 20.7. The maximum Gasteiger partial charge on any atom is 0.183 e. The largest absolute Gasteiger partial charge is 0.377 e. The predicted octanol–water partition coefficient (Wildman–Crippen LogP) is 4.58. The van der Waals surface area contributed by atoms with Gasteiger partial charge in [-0.3, -0.25) is 4.90 Å². The molecule has 188 valence electrons. The van der Waals surface area contributed by atoms with Gasteiger partial charge in [-0.25, -0.2) is 4.98 Å². The van der Waals surface area contributed by atoms with E-state index in [2.05, 4.69) is 46.6 Å². The van der Waals surface area contributed by atoms with Gasteiger partial charge in [0.25, 0.3) is 0 Å². The lowest BCUT2D eigenvalue weighted by Gasteiger charge is -2.28. The monoisotopic (exact) mass is 477 g/mol. The summed E-state index contributed by atoms with van der Waals surface area (Å²) in [5.74, 6) is 1.79. The molecule has 3 unspecified atom stereocenters. The Morgan fingerprint density at radius 3 is 2.86 bits per heavy atom. The number of hydrogen-bond donors (Lipinski definition) is 2. The van der Waals surface area contributed by atoms with Crippen LogP contribution in [0.25, 0.3) is 0 Å². The van der Waals surface area contributed by atoms with Crippen LogP contribution in [0, 0.1) is 0 Å². The van der Waals surface area contributed by atoms with Gasteiger partial charge in [-0.05, 0) is 80.0 Å². The highest BCUT2D eigenvalue weighted by atomic mass is 16.7. The number of hydrogen-bond acceptors (Lipinski definition) is 6. The minimum absolute atomic E-state index is 0.110. The number of benzene rings is 1. The lowest BCUT2D eigenvalue weighted by molar-refractivity contribution is 0.0507. The van der Waals surface area contributed by atoms with Crippen molar-refractivity contribution in [1.29, 1.82) is 0 Å². The molecule has 1 aromatic carbocycles. The maximum atomic E-state index is 10.1. The quantitative estimate of drug-likeness (QED) is 0.365. The summed E-state index contributed by atoms with van der Waals surface area (Å²) < 4.78 is 11.9. The number of aryl methyl sites for hydroxylation is 2. The summed E-state index contributed by atoms with van der Waals surface area (Å²) in [6.45, 7) is 3.78. The van der Waals surface area contributed by atoms with Crippen molar-refractivity contribution in [3.63, 3.8) is 0 Å². The van der Waals surface area contributed by atoms with Crippen molar-refractivity contribution < 1.29 is 14.6 Å². The summed E-state index contributed by atoms with van der Waals surface area (Å²) in [6.07, 6.45) is 9.96. The van der Waals surface area contributed by atoms with Crippen LogP contribution in [0.2, 0.25) is 0 Å². The predicted molar refractivity (Wildman–Crippen MR) is 137 cm³/mol. The van der Waals surface area contributed by atoms with E-state index in [1.807, 2.05) is 0 Å². The number of nitrogens with one attached hydrogen (secondary N) is 1. The number of aromatic nitrogens is 1. The molecule has 2 saturated heterocycles. The van der Waals surface area contributed by atoms with Crippen LogP contribution in [0.5, 0.6) is 0 Å². The molecule has 3 fully saturated rings. The van der Waals surface area contributed by atoms with E-state index < -0.39 is 6.29 Å². The fourth-order valence-corrected chi connectivity index (χ4v) is 5.96. The van der Waals surface area contributed by atoms with Gasteiger partial charge in [0.05, 0.1) is 12.1 Å². The van der Waals surface area contributed by atoms with E-state index in [9.17, 15) is 5.11 Å². The second kappa shape index (κ2) is 10.6. The topological polar surface area (TPSA) is 70.2 Å². The summed E-state index contributed by atoms with van der Waals surface area (Å²) in [7, 11) is 0. The second-order valence-electron chi connectivity index (χ2n) is 10.8. The number of rotatable bonds is 11. The number of nitrogens with zero attached hydrogens (tertiary/aromatic N) is 2. The number of anilines is 1. The van der Waals surface area contributed by atoms with Gasteiger partial charge < -0.3 is 19.9 Å². The van der Waals surface area contributed by atoms with Crippen molar-refractivity contribution in [3.05, 3.63) is 58.8 Å². The third-order valence-electron chi connectivity index (χ3n) is 8.10. The summed E-state index contributed by atoms with van der Waals surface area (Å²) in [6, 6.07) is 13.4. The summed E-state index contributed by atoms with van der Waals surface area (Å²) in [5, 5.41) is 13.5. The molecule has 1 aliphatic carbocycles. The molecular formula is C29H39N3O3. The minimum atomic E-state index is -0.632. The molecule has 4 heterocycles. The van der Waals surface area contributed by atoms with Crippen LogP contribution >= 0.6 is 0 Å². The highest BCUT2D eigenvalue weighted by Crippen LogP contribution is 2.47. The van der Waals surface area contributed by atoms with Crippen LogP contribution in [0.15, 0.2) is 36.4 Å². The van der Waals surface area contributed by atoms with Gasteiger partial charge in [0.15, 0.2) is 6.29 Å². The molecule has 35 heavy (non-hydrogen) atoms. The van der Waals surface area contributed by atoms with E-state index in [0.29, 0.717) is 5.92 Å². The Morgan fingerprint density at radius 2 is 2.00 bits per heavy atom. The lowest BCUT2D eigenvalue weighted by atomic mass is 9.94. The highest BCUT2D eigenvalue weighted by molar-refractivity contribution is 5.47. The van der Waals surface area contributed by atoms with E-state index in [0.717, 1.165) is 64.2 Å². The molecule has 0 radical (unpaired) electrons. The molecule has 3 aliphatic heterocycles. The van der Waals surface area contributed by atoms with Crippen molar-refractivity contribution in [2.24, 2.45) is 0 Å².